The van der Waals surface area contributed by atoms with Gasteiger partial charge in [0.25, 0.3) is 0 Å². The molecule has 3 nitrogen and oxygen atoms in total. The van der Waals surface area contributed by atoms with Crippen LogP contribution in [0.3, 0.4) is 0 Å². The van der Waals surface area contributed by atoms with Gasteiger partial charge in [0.15, 0.2) is 5.13 Å². The van der Waals surface area contributed by atoms with Crippen molar-refractivity contribution in [3.8, 4) is 0 Å². The van der Waals surface area contributed by atoms with Crippen LogP contribution in [-0.2, 0) is 0 Å². The Kier molecular flexibility index (Phi) is 5.60. The Morgan fingerprint density at radius 2 is 1.89 bits per heavy atom. The second kappa shape index (κ2) is 6.53. The SMILES string of the molecule is CNC(C)c1sc(N(C)C(C)CC(C)C)nc1C. The molecule has 0 amide bonds. The van der Waals surface area contributed by atoms with E-state index in [9.17, 15) is 0 Å². The number of hydrogen-bond donors (Lipinski definition) is 1. The third-order valence-electron chi connectivity index (χ3n) is 3.42. The summed E-state index contributed by atoms with van der Waals surface area (Å²) in [6, 6.07) is 0.915. The van der Waals surface area contributed by atoms with Crippen LogP contribution in [0.15, 0.2) is 0 Å². The second-order valence-electron chi connectivity index (χ2n) is 5.55. The van der Waals surface area contributed by atoms with Crippen molar-refractivity contribution in [3.63, 3.8) is 0 Å². The molecule has 0 fully saturated rings. The van der Waals surface area contributed by atoms with E-state index in [0.29, 0.717) is 12.1 Å². The third-order valence-corrected chi connectivity index (χ3v) is 4.85. The van der Waals surface area contributed by atoms with E-state index in [4.69, 9.17) is 4.98 Å². The number of nitrogens with zero attached hydrogens (tertiary/aromatic N) is 2. The van der Waals surface area contributed by atoms with Crippen LogP contribution in [0.5, 0.6) is 0 Å². The number of anilines is 1. The average Bonchev–Trinajstić information content (AvgIpc) is 2.68. The molecular weight excluding hydrogens is 242 g/mol. The molecule has 0 aliphatic rings. The van der Waals surface area contributed by atoms with E-state index in [0.717, 1.165) is 16.7 Å². The largest absolute Gasteiger partial charge is 0.348 e. The van der Waals surface area contributed by atoms with E-state index in [1.54, 1.807) is 0 Å². The lowest BCUT2D eigenvalue weighted by atomic mass is 10.0. The van der Waals surface area contributed by atoms with Crippen LogP contribution >= 0.6 is 11.3 Å². The van der Waals surface area contributed by atoms with E-state index < -0.39 is 0 Å². The first-order valence-corrected chi connectivity index (χ1v) is 7.55. The number of aromatic nitrogens is 1. The van der Waals surface area contributed by atoms with Gasteiger partial charge in [-0.2, -0.15) is 0 Å². The van der Waals surface area contributed by atoms with Crippen LogP contribution in [0.2, 0.25) is 0 Å². The van der Waals surface area contributed by atoms with Crippen LogP contribution in [0.4, 0.5) is 5.13 Å². The number of nitrogens with one attached hydrogen (secondary N) is 1. The molecule has 0 bridgehead atoms. The van der Waals surface area contributed by atoms with Crippen molar-refractivity contribution in [3.05, 3.63) is 10.6 Å². The summed E-state index contributed by atoms with van der Waals surface area (Å²) in [4.78, 5) is 8.37. The summed E-state index contributed by atoms with van der Waals surface area (Å²) in [5, 5.41) is 4.42. The maximum atomic E-state index is 4.71. The molecule has 2 atom stereocenters. The van der Waals surface area contributed by atoms with Gasteiger partial charge in [0.05, 0.1) is 5.69 Å². The molecule has 104 valence electrons. The van der Waals surface area contributed by atoms with Gasteiger partial charge in [-0.15, -0.1) is 11.3 Å². The molecule has 0 aliphatic carbocycles. The fourth-order valence-electron chi connectivity index (χ4n) is 2.11. The molecule has 18 heavy (non-hydrogen) atoms. The third kappa shape index (κ3) is 3.69. The molecule has 1 aromatic heterocycles. The summed E-state index contributed by atoms with van der Waals surface area (Å²) in [5.41, 5.74) is 1.15. The zero-order valence-corrected chi connectivity index (χ0v) is 13.6. The van der Waals surface area contributed by atoms with Gasteiger partial charge in [-0.3, -0.25) is 0 Å². The maximum Gasteiger partial charge on any atom is 0.185 e. The van der Waals surface area contributed by atoms with Gasteiger partial charge < -0.3 is 10.2 Å². The fraction of sp³-hybridized carbons (Fsp3) is 0.786. The first-order chi connectivity index (χ1) is 8.36. The number of hydrogen-bond acceptors (Lipinski definition) is 4. The normalized spacial score (nSPS) is 14.9. The van der Waals surface area contributed by atoms with E-state index in [-0.39, 0.29) is 0 Å². The summed E-state index contributed by atoms with van der Waals surface area (Å²) in [6.07, 6.45) is 1.20. The summed E-state index contributed by atoms with van der Waals surface area (Å²) in [7, 11) is 4.15. The summed E-state index contributed by atoms with van der Waals surface area (Å²) in [5.74, 6) is 0.721. The van der Waals surface area contributed by atoms with Crippen LogP contribution in [-0.4, -0.2) is 25.1 Å². The highest BCUT2D eigenvalue weighted by Gasteiger charge is 2.18. The minimum Gasteiger partial charge on any atom is -0.348 e. The Balaban J connectivity index is 2.83. The van der Waals surface area contributed by atoms with Crippen LogP contribution in [0, 0.1) is 12.8 Å². The van der Waals surface area contributed by atoms with Gasteiger partial charge in [0.2, 0.25) is 0 Å². The van der Waals surface area contributed by atoms with Gasteiger partial charge in [-0.05, 0) is 40.2 Å². The van der Waals surface area contributed by atoms with Crippen molar-refractivity contribution < 1.29 is 0 Å². The highest BCUT2D eigenvalue weighted by atomic mass is 32.1. The lowest BCUT2D eigenvalue weighted by Gasteiger charge is -2.25. The predicted octanol–water partition coefficient (Wildman–Crippen LogP) is 3.60. The Hall–Kier alpha value is -0.610. The Labute approximate surface area is 116 Å². The molecule has 1 rings (SSSR count). The van der Waals surface area contributed by atoms with Crippen molar-refractivity contribution >= 4 is 16.5 Å². The number of thiazole rings is 1. The molecule has 1 N–H and O–H groups in total. The molecular formula is C14H27N3S. The number of rotatable bonds is 6. The van der Waals surface area contributed by atoms with Crippen LogP contribution in [0.25, 0.3) is 0 Å². The zero-order valence-electron chi connectivity index (χ0n) is 12.7. The Morgan fingerprint density at radius 3 is 2.39 bits per heavy atom. The van der Waals surface area contributed by atoms with Crippen molar-refractivity contribution in [2.45, 2.75) is 53.1 Å². The van der Waals surface area contributed by atoms with Gasteiger partial charge in [-0.25, -0.2) is 4.98 Å². The lowest BCUT2D eigenvalue weighted by Crippen LogP contribution is -2.29. The van der Waals surface area contributed by atoms with Gasteiger partial charge >= 0.3 is 0 Å². The van der Waals surface area contributed by atoms with E-state index in [1.807, 2.05) is 18.4 Å². The standard InChI is InChI=1S/C14H27N3S/c1-9(2)8-10(3)17(7)14-16-12(5)13(18-14)11(4)15-6/h9-11,15H,8H2,1-7H3. The average molecular weight is 269 g/mol. The number of aryl methyl sites for hydroxylation is 1. The van der Waals surface area contributed by atoms with E-state index >= 15 is 0 Å². The topological polar surface area (TPSA) is 28.2 Å². The first-order valence-electron chi connectivity index (χ1n) is 6.74. The zero-order chi connectivity index (χ0) is 13.9. The minimum atomic E-state index is 0.380. The molecule has 1 aromatic rings. The Bertz CT molecular complexity index is 373. The predicted molar refractivity (Wildman–Crippen MR) is 81.6 cm³/mol. The molecule has 0 saturated carbocycles. The first kappa shape index (κ1) is 15.4. The second-order valence-corrected chi connectivity index (χ2v) is 6.56. The summed E-state index contributed by atoms with van der Waals surface area (Å²) >= 11 is 1.81. The maximum absolute atomic E-state index is 4.71. The fourth-order valence-corrected chi connectivity index (χ4v) is 3.30. The van der Waals surface area contributed by atoms with E-state index in [2.05, 4.69) is 51.9 Å². The monoisotopic (exact) mass is 269 g/mol. The molecule has 0 spiro atoms. The van der Waals surface area contributed by atoms with Crippen molar-refractivity contribution in [1.82, 2.24) is 10.3 Å². The lowest BCUT2D eigenvalue weighted by molar-refractivity contribution is 0.503. The van der Waals surface area contributed by atoms with Crippen molar-refractivity contribution in [2.75, 3.05) is 19.0 Å². The molecule has 0 aromatic carbocycles. The van der Waals surface area contributed by atoms with E-state index in [1.165, 1.54) is 11.3 Å². The molecule has 0 radical (unpaired) electrons. The summed E-state index contributed by atoms with van der Waals surface area (Å²) < 4.78 is 0. The molecule has 0 saturated heterocycles. The van der Waals surface area contributed by atoms with Crippen molar-refractivity contribution in [1.29, 1.82) is 0 Å². The molecule has 2 unspecified atom stereocenters. The van der Waals surface area contributed by atoms with Crippen molar-refractivity contribution in [2.24, 2.45) is 5.92 Å². The van der Waals surface area contributed by atoms with Gasteiger partial charge in [-0.1, -0.05) is 13.8 Å². The van der Waals surface area contributed by atoms with Crippen LogP contribution < -0.4 is 10.2 Å². The van der Waals surface area contributed by atoms with Gasteiger partial charge in [0, 0.05) is 24.0 Å². The summed E-state index contributed by atoms with van der Waals surface area (Å²) in [6.45, 7) is 11.1. The molecule has 0 aliphatic heterocycles. The minimum absolute atomic E-state index is 0.380. The Morgan fingerprint density at radius 1 is 1.28 bits per heavy atom. The molecule has 4 heteroatoms. The quantitative estimate of drug-likeness (QED) is 0.855. The van der Waals surface area contributed by atoms with Gasteiger partial charge in [0.1, 0.15) is 0 Å². The smallest absolute Gasteiger partial charge is 0.185 e. The van der Waals surface area contributed by atoms with Crippen LogP contribution in [0.1, 0.15) is 50.7 Å². The highest BCUT2D eigenvalue weighted by Crippen LogP contribution is 2.31. The molecule has 1 heterocycles. The highest BCUT2D eigenvalue weighted by molar-refractivity contribution is 7.15.